The number of thioether (sulfide) groups is 1. The molecular weight excluding hydrogens is 240 g/mol. The van der Waals surface area contributed by atoms with E-state index in [0.717, 1.165) is 18.5 Å². The average Bonchev–Trinajstić information content (AvgIpc) is 2.83. The van der Waals surface area contributed by atoms with Gasteiger partial charge in [0.2, 0.25) is 0 Å². The lowest BCUT2D eigenvalue weighted by Gasteiger charge is -2.33. The zero-order valence-electron chi connectivity index (χ0n) is 11.1. The minimum atomic E-state index is 0.720. The molecular formula is C15H22N2S. The first-order valence-electron chi connectivity index (χ1n) is 6.97. The SMILES string of the molecule is CN(CC1CSc2ccccc21)C1CCCNC1. The van der Waals surface area contributed by atoms with Crippen LogP contribution in [0.2, 0.25) is 0 Å². The topological polar surface area (TPSA) is 15.3 Å². The predicted octanol–water partition coefficient (Wildman–Crippen LogP) is 2.56. The first kappa shape index (κ1) is 12.5. The van der Waals surface area contributed by atoms with Crippen LogP contribution < -0.4 is 5.32 Å². The molecule has 0 amide bonds. The summed E-state index contributed by atoms with van der Waals surface area (Å²) in [6.45, 7) is 3.57. The summed E-state index contributed by atoms with van der Waals surface area (Å²) < 4.78 is 0. The van der Waals surface area contributed by atoms with Crippen molar-refractivity contribution in [2.24, 2.45) is 0 Å². The summed E-state index contributed by atoms with van der Waals surface area (Å²) in [7, 11) is 2.29. The van der Waals surface area contributed by atoms with Crippen molar-refractivity contribution in [3.63, 3.8) is 0 Å². The van der Waals surface area contributed by atoms with Crippen LogP contribution in [0.4, 0.5) is 0 Å². The number of piperidine rings is 1. The molecule has 1 saturated heterocycles. The summed E-state index contributed by atoms with van der Waals surface area (Å²) in [5, 5.41) is 3.51. The summed E-state index contributed by atoms with van der Waals surface area (Å²) in [6, 6.07) is 9.65. The van der Waals surface area contributed by atoms with Crippen molar-refractivity contribution in [1.82, 2.24) is 10.2 Å². The molecule has 2 aliphatic heterocycles. The summed E-state index contributed by atoms with van der Waals surface area (Å²) in [6.07, 6.45) is 2.68. The Morgan fingerprint density at radius 2 is 2.28 bits per heavy atom. The van der Waals surface area contributed by atoms with E-state index in [1.54, 1.807) is 5.56 Å². The molecule has 1 aromatic carbocycles. The van der Waals surface area contributed by atoms with E-state index in [-0.39, 0.29) is 0 Å². The van der Waals surface area contributed by atoms with E-state index in [2.05, 4.69) is 41.5 Å². The molecule has 3 heteroatoms. The number of nitrogens with zero attached hydrogens (tertiary/aromatic N) is 1. The van der Waals surface area contributed by atoms with Crippen molar-refractivity contribution in [3.8, 4) is 0 Å². The lowest BCUT2D eigenvalue weighted by molar-refractivity contribution is 0.196. The van der Waals surface area contributed by atoms with Gasteiger partial charge in [-0.1, -0.05) is 18.2 Å². The maximum absolute atomic E-state index is 3.51. The molecule has 2 nitrogen and oxygen atoms in total. The zero-order valence-corrected chi connectivity index (χ0v) is 11.9. The average molecular weight is 262 g/mol. The molecule has 1 N–H and O–H groups in total. The minimum Gasteiger partial charge on any atom is -0.315 e. The van der Waals surface area contributed by atoms with Crippen LogP contribution in [0.25, 0.3) is 0 Å². The Hall–Kier alpha value is -0.510. The Kier molecular flexibility index (Phi) is 3.92. The maximum Gasteiger partial charge on any atom is 0.0218 e. The molecule has 0 aliphatic carbocycles. The van der Waals surface area contributed by atoms with Gasteiger partial charge in [0.05, 0.1) is 0 Å². The Bertz CT molecular complexity index is 401. The van der Waals surface area contributed by atoms with Crippen molar-refractivity contribution in [2.75, 3.05) is 32.4 Å². The molecule has 0 spiro atoms. The van der Waals surface area contributed by atoms with Crippen LogP contribution in [-0.4, -0.2) is 43.4 Å². The van der Waals surface area contributed by atoms with Gasteiger partial charge in [-0.25, -0.2) is 0 Å². The molecule has 2 heterocycles. The fraction of sp³-hybridized carbons (Fsp3) is 0.600. The normalized spacial score (nSPS) is 27.4. The zero-order chi connectivity index (χ0) is 12.4. The van der Waals surface area contributed by atoms with Crippen molar-refractivity contribution in [1.29, 1.82) is 0 Å². The Morgan fingerprint density at radius 1 is 1.39 bits per heavy atom. The molecule has 0 aromatic heterocycles. The predicted molar refractivity (Wildman–Crippen MR) is 78.4 cm³/mol. The van der Waals surface area contributed by atoms with E-state index in [9.17, 15) is 0 Å². The van der Waals surface area contributed by atoms with Crippen molar-refractivity contribution >= 4 is 11.8 Å². The maximum atomic E-state index is 3.51. The lowest BCUT2D eigenvalue weighted by atomic mass is 9.99. The third kappa shape index (κ3) is 2.58. The molecule has 0 radical (unpaired) electrons. The van der Waals surface area contributed by atoms with Crippen LogP contribution >= 0.6 is 11.8 Å². The van der Waals surface area contributed by atoms with Gasteiger partial charge in [0.1, 0.15) is 0 Å². The fourth-order valence-corrected chi connectivity index (χ4v) is 4.33. The number of benzene rings is 1. The van der Waals surface area contributed by atoms with Gasteiger partial charge in [-0.3, -0.25) is 0 Å². The Morgan fingerprint density at radius 3 is 3.11 bits per heavy atom. The van der Waals surface area contributed by atoms with E-state index in [1.165, 1.54) is 36.6 Å². The number of rotatable bonds is 3. The second-order valence-electron chi connectivity index (χ2n) is 5.49. The largest absolute Gasteiger partial charge is 0.315 e. The van der Waals surface area contributed by atoms with Gasteiger partial charge in [0.15, 0.2) is 0 Å². The number of likely N-dealkylation sites (N-methyl/N-ethyl adjacent to an activating group) is 1. The molecule has 2 atom stereocenters. The molecule has 3 rings (SSSR count). The monoisotopic (exact) mass is 262 g/mol. The van der Waals surface area contributed by atoms with Crippen molar-refractivity contribution in [2.45, 2.75) is 29.7 Å². The molecule has 2 aliphatic rings. The van der Waals surface area contributed by atoms with Crippen LogP contribution in [0.5, 0.6) is 0 Å². The number of nitrogens with one attached hydrogen (secondary N) is 1. The summed E-state index contributed by atoms with van der Waals surface area (Å²) in [5.74, 6) is 1.97. The lowest BCUT2D eigenvalue weighted by Crippen LogP contribution is -2.45. The molecule has 2 unspecified atom stereocenters. The molecule has 1 fully saturated rings. The second-order valence-corrected chi connectivity index (χ2v) is 6.55. The van der Waals surface area contributed by atoms with E-state index < -0.39 is 0 Å². The van der Waals surface area contributed by atoms with Crippen molar-refractivity contribution < 1.29 is 0 Å². The Labute approximate surface area is 114 Å². The van der Waals surface area contributed by atoms with Crippen molar-refractivity contribution in [3.05, 3.63) is 29.8 Å². The number of hydrogen-bond acceptors (Lipinski definition) is 3. The van der Waals surface area contributed by atoms with Gasteiger partial charge in [0, 0.05) is 35.7 Å². The second kappa shape index (κ2) is 5.64. The minimum absolute atomic E-state index is 0.720. The van der Waals surface area contributed by atoms with E-state index >= 15 is 0 Å². The van der Waals surface area contributed by atoms with Gasteiger partial charge in [-0.2, -0.15) is 0 Å². The van der Waals surface area contributed by atoms with E-state index in [4.69, 9.17) is 0 Å². The van der Waals surface area contributed by atoms with E-state index in [0.29, 0.717) is 0 Å². The molecule has 0 saturated carbocycles. The number of fused-ring (bicyclic) bond motifs is 1. The highest BCUT2D eigenvalue weighted by Crippen LogP contribution is 2.39. The summed E-state index contributed by atoms with van der Waals surface area (Å²) in [5.41, 5.74) is 1.57. The van der Waals surface area contributed by atoms with Gasteiger partial charge < -0.3 is 10.2 Å². The molecule has 1 aromatic rings. The summed E-state index contributed by atoms with van der Waals surface area (Å²) in [4.78, 5) is 4.07. The molecule has 98 valence electrons. The smallest absolute Gasteiger partial charge is 0.0218 e. The highest BCUT2D eigenvalue weighted by molar-refractivity contribution is 7.99. The third-order valence-electron chi connectivity index (χ3n) is 4.20. The molecule has 0 bridgehead atoms. The van der Waals surface area contributed by atoms with Gasteiger partial charge >= 0.3 is 0 Å². The van der Waals surface area contributed by atoms with Crippen LogP contribution in [0, 0.1) is 0 Å². The third-order valence-corrected chi connectivity index (χ3v) is 5.45. The Balaban J connectivity index is 1.63. The van der Waals surface area contributed by atoms with Crippen LogP contribution in [0.1, 0.15) is 24.3 Å². The van der Waals surface area contributed by atoms with Gasteiger partial charge in [0.25, 0.3) is 0 Å². The quantitative estimate of drug-likeness (QED) is 0.901. The summed E-state index contributed by atoms with van der Waals surface area (Å²) >= 11 is 2.02. The number of hydrogen-bond donors (Lipinski definition) is 1. The van der Waals surface area contributed by atoms with E-state index in [1.807, 2.05) is 11.8 Å². The van der Waals surface area contributed by atoms with Crippen LogP contribution in [0.3, 0.4) is 0 Å². The van der Waals surface area contributed by atoms with Gasteiger partial charge in [-0.05, 0) is 38.1 Å². The standard InChI is InChI=1S/C15H22N2S/c1-17(13-5-4-8-16-9-13)10-12-11-18-15-7-3-2-6-14(12)15/h2-3,6-7,12-13,16H,4-5,8-11H2,1H3. The first-order chi connectivity index (χ1) is 8.84. The first-order valence-corrected chi connectivity index (χ1v) is 7.96. The van der Waals surface area contributed by atoms with Crippen LogP contribution in [0.15, 0.2) is 29.2 Å². The van der Waals surface area contributed by atoms with Gasteiger partial charge in [-0.15, -0.1) is 11.8 Å². The molecule has 18 heavy (non-hydrogen) atoms. The highest BCUT2D eigenvalue weighted by atomic mass is 32.2. The van der Waals surface area contributed by atoms with Crippen LogP contribution in [-0.2, 0) is 0 Å². The fourth-order valence-electron chi connectivity index (χ4n) is 3.09. The highest BCUT2D eigenvalue weighted by Gasteiger charge is 2.26.